The monoisotopic (exact) mass is 222 g/mol. The number of hydrogen-bond donors (Lipinski definition) is 1. The minimum Gasteiger partial charge on any atom is -0.392 e. The van der Waals surface area contributed by atoms with E-state index in [9.17, 15) is 5.11 Å². The second-order valence-electron chi connectivity index (χ2n) is 7.83. The van der Waals surface area contributed by atoms with Crippen LogP contribution >= 0.6 is 0 Å². The minimum absolute atomic E-state index is 0.0672. The highest BCUT2D eigenvalue weighted by Gasteiger charge is 2.71. The van der Waals surface area contributed by atoms with Crippen molar-refractivity contribution in [3.63, 3.8) is 0 Å². The van der Waals surface area contributed by atoms with E-state index in [0.717, 1.165) is 11.8 Å². The van der Waals surface area contributed by atoms with Crippen LogP contribution in [0, 0.1) is 28.1 Å². The molecule has 0 heterocycles. The van der Waals surface area contributed by atoms with Gasteiger partial charge in [-0.25, -0.2) is 0 Å². The van der Waals surface area contributed by atoms with Gasteiger partial charge in [0.1, 0.15) is 0 Å². The predicted octanol–water partition coefficient (Wildman–Crippen LogP) is 3.61. The Morgan fingerprint density at radius 2 is 1.75 bits per heavy atom. The molecule has 3 aliphatic rings. The molecule has 3 saturated carbocycles. The molecule has 0 saturated heterocycles. The van der Waals surface area contributed by atoms with Gasteiger partial charge >= 0.3 is 0 Å². The van der Waals surface area contributed by atoms with Crippen molar-refractivity contribution in [1.29, 1.82) is 0 Å². The Kier molecular flexibility index (Phi) is 1.98. The zero-order valence-corrected chi connectivity index (χ0v) is 11.2. The van der Waals surface area contributed by atoms with Gasteiger partial charge in [-0.1, -0.05) is 27.7 Å². The summed E-state index contributed by atoms with van der Waals surface area (Å²) in [5, 5.41) is 10.9. The van der Waals surface area contributed by atoms with Crippen LogP contribution in [0.2, 0.25) is 0 Å². The highest BCUT2D eigenvalue weighted by Crippen LogP contribution is 2.75. The van der Waals surface area contributed by atoms with E-state index < -0.39 is 0 Å². The van der Waals surface area contributed by atoms with Crippen molar-refractivity contribution >= 4 is 0 Å². The number of hydrogen-bond acceptors (Lipinski definition) is 1. The maximum atomic E-state index is 10.9. The van der Waals surface area contributed by atoms with Crippen molar-refractivity contribution in [3.05, 3.63) is 0 Å². The summed E-state index contributed by atoms with van der Waals surface area (Å²) >= 11 is 0. The Morgan fingerprint density at radius 3 is 2.44 bits per heavy atom. The zero-order valence-electron chi connectivity index (χ0n) is 11.2. The van der Waals surface area contributed by atoms with Gasteiger partial charge in [0.2, 0.25) is 0 Å². The summed E-state index contributed by atoms with van der Waals surface area (Å²) in [6.45, 7) is 9.41. The lowest BCUT2D eigenvalue weighted by molar-refractivity contribution is -0.0497. The van der Waals surface area contributed by atoms with Gasteiger partial charge in [-0.3, -0.25) is 0 Å². The Morgan fingerprint density at radius 1 is 1.06 bits per heavy atom. The fraction of sp³-hybridized carbons (Fsp3) is 1.00. The molecular formula is C15H26O. The van der Waals surface area contributed by atoms with Crippen LogP contribution in [-0.2, 0) is 0 Å². The lowest BCUT2D eigenvalue weighted by Crippen LogP contribution is -2.43. The Hall–Kier alpha value is -0.0400. The molecule has 1 heteroatoms. The molecule has 3 aliphatic carbocycles. The lowest BCUT2D eigenvalue weighted by atomic mass is 9.64. The summed E-state index contributed by atoms with van der Waals surface area (Å²) < 4.78 is 0. The van der Waals surface area contributed by atoms with Crippen LogP contribution in [0.4, 0.5) is 0 Å². The number of aliphatic hydroxyl groups is 1. The maximum Gasteiger partial charge on any atom is 0.0655 e. The van der Waals surface area contributed by atoms with Crippen molar-refractivity contribution < 1.29 is 5.11 Å². The molecule has 0 radical (unpaired) electrons. The molecule has 0 amide bonds. The van der Waals surface area contributed by atoms with E-state index in [-0.39, 0.29) is 16.9 Å². The summed E-state index contributed by atoms with van der Waals surface area (Å²) in [5.41, 5.74) is 0.832. The van der Waals surface area contributed by atoms with Crippen molar-refractivity contribution in [2.24, 2.45) is 28.1 Å². The van der Waals surface area contributed by atoms with Crippen LogP contribution in [0.15, 0.2) is 0 Å². The normalized spacial score (nSPS) is 58.7. The Balaban J connectivity index is 2.10. The number of aliphatic hydroxyl groups excluding tert-OH is 1. The summed E-state index contributed by atoms with van der Waals surface area (Å²) in [6, 6.07) is 0. The van der Waals surface area contributed by atoms with E-state index >= 15 is 0 Å². The molecule has 16 heavy (non-hydrogen) atoms. The van der Waals surface area contributed by atoms with E-state index in [2.05, 4.69) is 27.7 Å². The van der Waals surface area contributed by atoms with E-state index in [1.54, 1.807) is 0 Å². The molecule has 0 bridgehead atoms. The van der Waals surface area contributed by atoms with Gasteiger partial charge in [0.05, 0.1) is 6.10 Å². The van der Waals surface area contributed by atoms with Crippen LogP contribution < -0.4 is 0 Å². The molecule has 92 valence electrons. The van der Waals surface area contributed by atoms with Crippen molar-refractivity contribution in [2.45, 2.75) is 65.9 Å². The SMILES string of the molecule is C[C@@H]1CC[C@]23C1CC[C@@]2(C)CC(C)(C)[C@@H]3O. The Labute approximate surface area is 99.6 Å². The van der Waals surface area contributed by atoms with Gasteiger partial charge in [0.25, 0.3) is 0 Å². The lowest BCUT2D eigenvalue weighted by Gasteiger charge is -2.42. The fourth-order valence-corrected chi connectivity index (χ4v) is 6.08. The van der Waals surface area contributed by atoms with E-state index in [0.29, 0.717) is 5.41 Å². The average Bonchev–Trinajstić information content (AvgIpc) is 2.68. The molecular weight excluding hydrogens is 196 g/mol. The quantitative estimate of drug-likeness (QED) is 0.664. The van der Waals surface area contributed by atoms with Crippen LogP contribution in [0.5, 0.6) is 0 Å². The molecule has 3 rings (SSSR count). The highest BCUT2D eigenvalue weighted by atomic mass is 16.3. The first-order valence-electron chi connectivity index (χ1n) is 7.02. The van der Waals surface area contributed by atoms with Gasteiger partial charge in [-0.15, -0.1) is 0 Å². The minimum atomic E-state index is -0.0672. The van der Waals surface area contributed by atoms with Crippen LogP contribution in [0.1, 0.15) is 59.8 Å². The molecule has 3 fully saturated rings. The standard InChI is InChI=1S/C15H26O/c1-10-5-8-15-11(10)6-7-14(15,4)9-13(2,3)12(15)16/h10-12,16H,5-9H2,1-4H3/t10-,11?,12+,14+,15-/m1/s1. The van der Waals surface area contributed by atoms with Crippen LogP contribution in [0.3, 0.4) is 0 Å². The average molecular weight is 222 g/mol. The maximum absolute atomic E-state index is 10.9. The van der Waals surface area contributed by atoms with Crippen molar-refractivity contribution in [3.8, 4) is 0 Å². The highest BCUT2D eigenvalue weighted by molar-refractivity contribution is 5.20. The molecule has 1 unspecified atom stereocenters. The third-order valence-corrected chi connectivity index (χ3v) is 6.57. The topological polar surface area (TPSA) is 20.2 Å². The first kappa shape index (κ1) is 11.1. The predicted molar refractivity (Wildman–Crippen MR) is 66.1 cm³/mol. The zero-order chi connectivity index (χ0) is 11.8. The van der Waals surface area contributed by atoms with E-state index in [1.165, 1.54) is 32.1 Å². The van der Waals surface area contributed by atoms with Crippen molar-refractivity contribution in [2.75, 3.05) is 0 Å². The molecule has 0 aromatic carbocycles. The summed E-state index contributed by atoms with van der Waals surface area (Å²) in [6.07, 6.45) is 6.49. The van der Waals surface area contributed by atoms with Gasteiger partial charge in [-0.05, 0) is 54.8 Å². The van der Waals surface area contributed by atoms with Gasteiger partial charge in [0.15, 0.2) is 0 Å². The molecule has 0 aromatic rings. The first-order chi connectivity index (χ1) is 7.33. The third-order valence-electron chi connectivity index (χ3n) is 6.57. The summed E-state index contributed by atoms with van der Waals surface area (Å²) in [4.78, 5) is 0. The molecule has 0 aromatic heterocycles. The van der Waals surface area contributed by atoms with E-state index in [4.69, 9.17) is 0 Å². The molecule has 0 aliphatic heterocycles. The molecule has 1 nitrogen and oxygen atoms in total. The molecule has 5 atom stereocenters. The third kappa shape index (κ3) is 0.978. The van der Waals surface area contributed by atoms with Crippen LogP contribution in [-0.4, -0.2) is 11.2 Å². The molecule has 1 spiro atoms. The second-order valence-corrected chi connectivity index (χ2v) is 7.83. The van der Waals surface area contributed by atoms with Gasteiger partial charge in [-0.2, -0.15) is 0 Å². The smallest absolute Gasteiger partial charge is 0.0655 e. The molecule has 1 N–H and O–H groups in total. The second kappa shape index (κ2) is 2.85. The first-order valence-corrected chi connectivity index (χ1v) is 7.02. The van der Waals surface area contributed by atoms with Crippen LogP contribution in [0.25, 0.3) is 0 Å². The summed E-state index contributed by atoms with van der Waals surface area (Å²) in [7, 11) is 0. The summed E-state index contributed by atoms with van der Waals surface area (Å²) in [5.74, 6) is 1.64. The largest absolute Gasteiger partial charge is 0.392 e. The van der Waals surface area contributed by atoms with Gasteiger partial charge in [0, 0.05) is 5.41 Å². The Bertz CT molecular complexity index is 321. The van der Waals surface area contributed by atoms with Crippen molar-refractivity contribution in [1.82, 2.24) is 0 Å². The van der Waals surface area contributed by atoms with E-state index in [1.807, 2.05) is 0 Å². The fourth-order valence-electron chi connectivity index (χ4n) is 6.08. The number of rotatable bonds is 0. The van der Waals surface area contributed by atoms with Gasteiger partial charge < -0.3 is 5.11 Å².